The lowest BCUT2D eigenvalue weighted by molar-refractivity contribution is -0.139. The van der Waals surface area contributed by atoms with E-state index in [1.165, 1.54) is 16.2 Å². The highest BCUT2D eigenvalue weighted by Gasteiger charge is 2.24. The van der Waals surface area contributed by atoms with E-state index < -0.39 is 12.0 Å². The van der Waals surface area contributed by atoms with E-state index in [9.17, 15) is 14.7 Å². The molecule has 2 amide bonds. The molecule has 0 aliphatic rings. The monoisotopic (exact) mass is 282 g/mol. The van der Waals surface area contributed by atoms with Crippen LogP contribution in [0.2, 0.25) is 0 Å². The highest BCUT2D eigenvalue weighted by atomic mass is 32.1. The van der Waals surface area contributed by atoms with E-state index in [-0.39, 0.29) is 6.03 Å². The fourth-order valence-corrected chi connectivity index (χ4v) is 2.39. The lowest BCUT2D eigenvalue weighted by atomic mass is 10.2. The van der Waals surface area contributed by atoms with Crippen LogP contribution in [0.5, 0.6) is 0 Å². The van der Waals surface area contributed by atoms with Crippen LogP contribution in [0.25, 0.3) is 0 Å². The molecule has 0 saturated heterocycles. The van der Waals surface area contributed by atoms with E-state index in [1.807, 2.05) is 6.92 Å². The second-order valence-electron chi connectivity index (χ2n) is 3.97. The van der Waals surface area contributed by atoms with Gasteiger partial charge in [0.25, 0.3) is 0 Å². The van der Waals surface area contributed by atoms with Crippen LogP contribution in [-0.2, 0) is 4.79 Å². The van der Waals surface area contributed by atoms with Crippen LogP contribution in [-0.4, -0.2) is 35.1 Å². The van der Waals surface area contributed by atoms with Gasteiger partial charge in [0.1, 0.15) is 0 Å². The number of thiophene rings is 1. The van der Waals surface area contributed by atoms with E-state index in [0.717, 1.165) is 6.42 Å². The highest BCUT2D eigenvalue weighted by Crippen LogP contribution is 2.19. The Morgan fingerprint density at radius 1 is 1.63 bits per heavy atom. The summed E-state index contributed by atoms with van der Waals surface area (Å²) in [4.78, 5) is 25.4. The van der Waals surface area contributed by atoms with Gasteiger partial charge < -0.3 is 15.3 Å². The minimum Gasteiger partial charge on any atom is -0.479 e. The number of carbonyl (C=O) groups is 2. The zero-order valence-electron chi connectivity index (χ0n) is 10.8. The number of rotatable bonds is 7. The van der Waals surface area contributed by atoms with Gasteiger partial charge in [0.15, 0.2) is 6.04 Å². The summed E-state index contributed by atoms with van der Waals surface area (Å²) in [5.41, 5.74) is 0. The number of urea groups is 1. The molecule has 2 N–H and O–H groups in total. The third kappa shape index (κ3) is 4.40. The first kappa shape index (κ1) is 15.2. The minimum atomic E-state index is -1.06. The molecule has 0 aromatic carbocycles. The lowest BCUT2D eigenvalue weighted by Crippen LogP contribution is -2.44. The predicted molar refractivity (Wildman–Crippen MR) is 75.3 cm³/mol. The summed E-state index contributed by atoms with van der Waals surface area (Å²) in [5, 5.41) is 13.5. The first-order valence-electron chi connectivity index (χ1n) is 6.02. The van der Waals surface area contributed by atoms with Gasteiger partial charge in [-0.05, 0) is 17.9 Å². The second-order valence-corrected chi connectivity index (χ2v) is 4.95. The number of aliphatic carboxylic acids is 1. The summed E-state index contributed by atoms with van der Waals surface area (Å²) in [7, 11) is 0. The Kier molecular flexibility index (Phi) is 6.08. The lowest BCUT2D eigenvalue weighted by Gasteiger charge is -2.23. The number of carbonyl (C=O) groups excluding carboxylic acids is 1. The van der Waals surface area contributed by atoms with Gasteiger partial charge >= 0.3 is 12.0 Å². The van der Waals surface area contributed by atoms with Crippen molar-refractivity contribution in [2.75, 3.05) is 13.1 Å². The average Bonchev–Trinajstić information content (AvgIpc) is 2.88. The minimum absolute atomic E-state index is 0.387. The molecule has 1 aromatic rings. The molecule has 0 saturated carbocycles. The molecule has 0 fully saturated rings. The number of carboxylic acid groups (broad SMARTS) is 1. The van der Waals surface area contributed by atoms with Crippen LogP contribution < -0.4 is 5.32 Å². The molecule has 1 atom stereocenters. The molecule has 1 aromatic heterocycles. The van der Waals surface area contributed by atoms with Gasteiger partial charge in [-0.15, -0.1) is 17.9 Å². The topological polar surface area (TPSA) is 69.6 Å². The van der Waals surface area contributed by atoms with Crippen molar-refractivity contribution in [3.05, 3.63) is 35.0 Å². The SMILES string of the molecule is C=CCN(CCC)C(=O)NC(C(=O)O)c1cccs1. The number of amides is 2. The molecule has 1 rings (SSSR count). The van der Waals surface area contributed by atoms with Gasteiger partial charge in [0.05, 0.1) is 0 Å². The molecular weight excluding hydrogens is 264 g/mol. The molecule has 0 aliphatic carbocycles. The summed E-state index contributed by atoms with van der Waals surface area (Å²) < 4.78 is 0. The molecule has 104 valence electrons. The zero-order valence-corrected chi connectivity index (χ0v) is 11.7. The Balaban J connectivity index is 2.75. The van der Waals surface area contributed by atoms with Crippen molar-refractivity contribution in [3.63, 3.8) is 0 Å². The maximum absolute atomic E-state index is 12.0. The molecular formula is C13H18N2O3S. The number of hydrogen-bond acceptors (Lipinski definition) is 3. The van der Waals surface area contributed by atoms with Crippen LogP contribution in [0.1, 0.15) is 24.3 Å². The van der Waals surface area contributed by atoms with Crippen molar-refractivity contribution >= 4 is 23.3 Å². The molecule has 0 bridgehead atoms. The van der Waals surface area contributed by atoms with Crippen LogP contribution >= 0.6 is 11.3 Å². The van der Waals surface area contributed by atoms with Crippen molar-refractivity contribution in [1.29, 1.82) is 0 Å². The van der Waals surface area contributed by atoms with Crippen molar-refractivity contribution in [2.24, 2.45) is 0 Å². The Bertz CT molecular complexity index is 431. The fourth-order valence-electron chi connectivity index (χ4n) is 1.63. The van der Waals surface area contributed by atoms with Crippen molar-refractivity contribution < 1.29 is 14.7 Å². The van der Waals surface area contributed by atoms with Crippen molar-refractivity contribution in [3.8, 4) is 0 Å². The molecule has 1 unspecified atom stereocenters. The predicted octanol–water partition coefficient (Wildman–Crippen LogP) is 2.48. The maximum Gasteiger partial charge on any atom is 0.331 e. The van der Waals surface area contributed by atoms with Gasteiger partial charge in [-0.2, -0.15) is 0 Å². The Morgan fingerprint density at radius 3 is 2.84 bits per heavy atom. The maximum atomic E-state index is 12.0. The van der Waals surface area contributed by atoms with E-state index >= 15 is 0 Å². The van der Waals surface area contributed by atoms with Crippen LogP contribution in [0, 0.1) is 0 Å². The van der Waals surface area contributed by atoms with Gasteiger partial charge in [-0.3, -0.25) is 0 Å². The van der Waals surface area contributed by atoms with E-state index in [0.29, 0.717) is 18.0 Å². The smallest absolute Gasteiger partial charge is 0.331 e. The molecule has 0 radical (unpaired) electrons. The molecule has 6 heteroatoms. The van der Waals surface area contributed by atoms with E-state index in [1.54, 1.807) is 23.6 Å². The summed E-state index contributed by atoms with van der Waals surface area (Å²) >= 11 is 1.31. The van der Waals surface area contributed by atoms with Gasteiger partial charge in [0, 0.05) is 18.0 Å². The second kappa shape index (κ2) is 7.58. The normalized spacial score (nSPS) is 11.6. The summed E-state index contributed by atoms with van der Waals surface area (Å²) in [6.45, 7) is 6.51. The van der Waals surface area contributed by atoms with Gasteiger partial charge in [-0.25, -0.2) is 9.59 Å². The first-order valence-corrected chi connectivity index (χ1v) is 6.90. The van der Waals surface area contributed by atoms with Crippen LogP contribution in [0.4, 0.5) is 4.79 Å². The standard InChI is InChI=1S/C13H18N2O3S/c1-3-7-15(8-4-2)13(18)14-11(12(16)17)10-6-5-9-19-10/h3,5-6,9,11H,1,4,7-8H2,2H3,(H,14,18)(H,16,17). The Hall–Kier alpha value is -1.82. The molecule has 1 heterocycles. The van der Waals surface area contributed by atoms with E-state index in [4.69, 9.17) is 0 Å². The molecule has 5 nitrogen and oxygen atoms in total. The Morgan fingerprint density at radius 2 is 2.37 bits per heavy atom. The zero-order chi connectivity index (χ0) is 14.3. The van der Waals surface area contributed by atoms with Crippen LogP contribution in [0.15, 0.2) is 30.2 Å². The van der Waals surface area contributed by atoms with Crippen molar-refractivity contribution in [1.82, 2.24) is 10.2 Å². The molecule has 0 aliphatic heterocycles. The number of nitrogens with zero attached hydrogens (tertiary/aromatic N) is 1. The highest BCUT2D eigenvalue weighted by molar-refractivity contribution is 7.10. The molecule has 0 spiro atoms. The summed E-state index contributed by atoms with van der Waals surface area (Å²) in [5.74, 6) is -1.06. The van der Waals surface area contributed by atoms with Crippen LogP contribution in [0.3, 0.4) is 0 Å². The molecule has 19 heavy (non-hydrogen) atoms. The van der Waals surface area contributed by atoms with E-state index in [2.05, 4.69) is 11.9 Å². The fraction of sp³-hybridized carbons (Fsp3) is 0.385. The number of hydrogen-bond donors (Lipinski definition) is 2. The summed E-state index contributed by atoms with van der Waals surface area (Å²) in [6, 6.07) is 2.07. The third-order valence-electron chi connectivity index (χ3n) is 2.47. The third-order valence-corrected chi connectivity index (χ3v) is 3.41. The number of carboxylic acids is 1. The summed E-state index contributed by atoms with van der Waals surface area (Å²) in [6.07, 6.45) is 2.42. The van der Waals surface area contributed by atoms with Gasteiger partial charge in [0.2, 0.25) is 0 Å². The Labute approximate surface area is 116 Å². The average molecular weight is 282 g/mol. The van der Waals surface area contributed by atoms with Crippen molar-refractivity contribution in [2.45, 2.75) is 19.4 Å². The quantitative estimate of drug-likeness (QED) is 0.755. The largest absolute Gasteiger partial charge is 0.479 e. The van der Waals surface area contributed by atoms with Gasteiger partial charge in [-0.1, -0.05) is 19.1 Å². The number of nitrogens with one attached hydrogen (secondary N) is 1. The first-order chi connectivity index (χ1) is 9.10.